The van der Waals surface area contributed by atoms with Crippen LogP contribution in [0.5, 0.6) is 11.5 Å². The highest BCUT2D eigenvalue weighted by molar-refractivity contribution is 8.33. The van der Waals surface area contributed by atoms with Gasteiger partial charge < -0.3 is 9.47 Å². The Bertz CT molecular complexity index is 1530. The zero-order valence-electron chi connectivity index (χ0n) is 20.7. The number of methoxy groups -OCH3 is 2. The maximum atomic E-state index is 14.7. The number of rotatable bonds is 8. The van der Waals surface area contributed by atoms with E-state index in [1.165, 1.54) is 62.8 Å². The lowest BCUT2D eigenvalue weighted by atomic mass is 10.2. The standard InChI is InChI=1S/C27H21F5O5S2/c1-16-4-10-19(11-5-16)38(20-12-6-17(35-2)7-13-20,21-14-8-18(36-3)9-15-21)37-39(33,34)27-25(31)23(29)22(28)24(30)26(27)32/h4-15H,1-3H3. The van der Waals surface area contributed by atoms with Crippen LogP contribution in [-0.2, 0) is 13.7 Å². The average Bonchev–Trinajstić information content (AvgIpc) is 2.94. The normalized spacial score (nSPS) is 12.3. The summed E-state index contributed by atoms with van der Waals surface area (Å²) in [6.07, 6.45) is 0. The van der Waals surface area contributed by atoms with E-state index in [0.717, 1.165) is 5.56 Å². The van der Waals surface area contributed by atoms with Crippen molar-refractivity contribution < 1.29 is 43.5 Å². The van der Waals surface area contributed by atoms with Gasteiger partial charge in [-0.25, -0.2) is 25.6 Å². The van der Waals surface area contributed by atoms with Crippen LogP contribution in [0.1, 0.15) is 5.56 Å². The minimum atomic E-state index is -5.65. The summed E-state index contributed by atoms with van der Waals surface area (Å²) < 4.78 is 114. The molecule has 0 aromatic heterocycles. The molecule has 0 N–H and O–H groups in total. The molecule has 206 valence electrons. The summed E-state index contributed by atoms with van der Waals surface area (Å²) in [7, 11) is -6.26. The second-order valence-electron chi connectivity index (χ2n) is 8.14. The van der Waals surface area contributed by atoms with E-state index in [0.29, 0.717) is 11.5 Å². The second kappa shape index (κ2) is 10.9. The molecule has 4 aromatic carbocycles. The Balaban J connectivity index is 2.08. The van der Waals surface area contributed by atoms with Crippen LogP contribution in [0.15, 0.2) is 92.4 Å². The smallest absolute Gasteiger partial charge is 0.313 e. The van der Waals surface area contributed by atoms with E-state index in [9.17, 15) is 30.4 Å². The van der Waals surface area contributed by atoms with Crippen molar-refractivity contribution in [2.24, 2.45) is 0 Å². The molecule has 39 heavy (non-hydrogen) atoms. The fraction of sp³-hybridized carbons (Fsp3) is 0.111. The molecule has 4 rings (SSSR count). The summed E-state index contributed by atoms with van der Waals surface area (Å²) in [5.74, 6) is -11.6. The van der Waals surface area contributed by atoms with Crippen LogP contribution in [0.3, 0.4) is 0 Å². The van der Waals surface area contributed by atoms with Crippen LogP contribution in [0.25, 0.3) is 0 Å². The van der Waals surface area contributed by atoms with Gasteiger partial charge in [0.1, 0.15) is 11.5 Å². The topological polar surface area (TPSA) is 61.8 Å². The quantitative estimate of drug-likeness (QED) is 0.124. The minimum absolute atomic E-state index is 0.227. The van der Waals surface area contributed by atoms with Gasteiger partial charge >= 0.3 is 10.1 Å². The van der Waals surface area contributed by atoms with Crippen molar-refractivity contribution in [2.45, 2.75) is 26.5 Å². The van der Waals surface area contributed by atoms with Crippen molar-refractivity contribution >= 4 is 20.4 Å². The highest BCUT2D eigenvalue weighted by atomic mass is 32.3. The molecule has 0 aliphatic carbocycles. The molecule has 0 atom stereocenters. The Morgan fingerprint density at radius 1 is 0.538 bits per heavy atom. The number of ether oxygens (including phenoxy) is 2. The van der Waals surface area contributed by atoms with E-state index in [2.05, 4.69) is 0 Å². The average molecular weight is 585 g/mol. The van der Waals surface area contributed by atoms with Gasteiger partial charge in [-0.1, -0.05) is 17.7 Å². The van der Waals surface area contributed by atoms with E-state index < -0.39 is 54.4 Å². The van der Waals surface area contributed by atoms with Gasteiger partial charge in [0.2, 0.25) is 5.82 Å². The molecule has 5 nitrogen and oxygen atoms in total. The molecule has 0 aliphatic rings. The summed E-state index contributed by atoms with van der Waals surface area (Å²) in [5.41, 5.74) is 0.805. The lowest BCUT2D eigenvalue weighted by Gasteiger charge is -2.39. The number of hydrogen-bond acceptors (Lipinski definition) is 5. The predicted molar refractivity (Wildman–Crippen MR) is 134 cm³/mol. The lowest BCUT2D eigenvalue weighted by molar-refractivity contribution is 0.354. The molecule has 0 unspecified atom stereocenters. The lowest BCUT2D eigenvalue weighted by Crippen LogP contribution is -2.19. The number of aryl methyl sites for hydroxylation is 1. The third-order valence-corrected chi connectivity index (χ3v) is 10.9. The molecular weight excluding hydrogens is 563 g/mol. The van der Waals surface area contributed by atoms with Crippen molar-refractivity contribution in [1.82, 2.24) is 0 Å². The summed E-state index contributed by atoms with van der Waals surface area (Å²) in [5, 5.41) is 0. The molecule has 0 saturated carbocycles. The zero-order chi connectivity index (χ0) is 28.5. The number of hydrogen-bond donors (Lipinski definition) is 0. The van der Waals surface area contributed by atoms with Crippen LogP contribution in [-0.4, -0.2) is 22.6 Å². The summed E-state index contributed by atoms with van der Waals surface area (Å²) in [6, 6.07) is 18.5. The van der Waals surface area contributed by atoms with E-state index >= 15 is 0 Å². The molecular formula is C27H21F5O5S2. The van der Waals surface area contributed by atoms with Crippen molar-refractivity contribution in [2.75, 3.05) is 14.2 Å². The predicted octanol–water partition coefficient (Wildman–Crippen LogP) is 7.31. The van der Waals surface area contributed by atoms with Gasteiger partial charge in [0.15, 0.2) is 28.2 Å². The Morgan fingerprint density at radius 2 is 0.872 bits per heavy atom. The molecule has 0 spiro atoms. The van der Waals surface area contributed by atoms with Crippen LogP contribution in [0.2, 0.25) is 0 Å². The van der Waals surface area contributed by atoms with E-state index in [1.807, 2.05) is 0 Å². The first kappa shape index (κ1) is 28.4. The summed E-state index contributed by atoms with van der Waals surface area (Å²) in [4.78, 5) is -1.38. The minimum Gasteiger partial charge on any atom is -0.497 e. The van der Waals surface area contributed by atoms with Gasteiger partial charge in [0, 0.05) is 14.7 Å². The maximum absolute atomic E-state index is 14.7. The van der Waals surface area contributed by atoms with Crippen molar-refractivity contribution in [3.63, 3.8) is 0 Å². The van der Waals surface area contributed by atoms with Gasteiger partial charge in [-0.15, -0.1) is 0 Å². The fourth-order valence-corrected chi connectivity index (χ4v) is 9.05. The first-order chi connectivity index (χ1) is 18.5. The van der Waals surface area contributed by atoms with Crippen LogP contribution < -0.4 is 9.47 Å². The van der Waals surface area contributed by atoms with E-state index in [1.54, 1.807) is 31.2 Å². The molecule has 4 aromatic rings. The largest absolute Gasteiger partial charge is 0.497 e. The molecule has 0 saturated heterocycles. The van der Waals surface area contributed by atoms with Crippen molar-refractivity contribution in [1.29, 1.82) is 0 Å². The molecule has 0 bridgehead atoms. The number of benzene rings is 4. The number of halogens is 5. The van der Waals surface area contributed by atoms with Gasteiger partial charge in [0.05, 0.1) is 14.2 Å². The van der Waals surface area contributed by atoms with Crippen molar-refractivity contribution in [3.8, 4) is 11.5 Å². The molecule has 0 amide bonds. The van der Waals surface area contributed by atoms with E-state index in [4.69, 9.17) is 13.1 Å². The Morgan fingerprint density at radius 3 is 1.23 bits per heavy atom. The van der Waals surface area contributed by atoms with Gasteiger partial charge in [-0.2, -0.15) is 8.42 Å². The van der Waals surface area contributed by atoms with Gasteiger partial charge in [0.25, 0.3) is 0 Å². The monoisotopic (exact) mass is 584 g/mol. The van der Waals surface area contributed by atoms with Crippen LogP contribution in [0.4, 0.5) is 22.0 Å². The molecule has 0 fully saturated rings. The fourth-order valence-electron chi connectivity index (χ4n) is 3.76. The summed E-state index contributed by atoms with van der Waals surface area (Å²) in [6.45, 7) is 1.79. The van der Waals surface area contributed by atoms with E-state index in [-0.39, 0.29) is 14.7 Å². The third kappa shape index (κ3) is 5.07. The first-order valence-electron chi connectivity index (χ1n) is 11.1. The highest BCUT2D eigenvalue weighted by Crippen LogP contribution is 2.70. The van der Waals surface area contributed by atoms with Crippen molar-refractivity contribution in [3.05, 3.63) is 107 Å². The Hall–Kier alpha value is -3.61. The third-order valence-electron chi connectivity index (χ3n) is 5.75. The SMILES string of the molecule is COc1ccc(S(OS(=O)(=O)c2c(F)c(F)c(F)c(F)c2F)(c2ccc(C)cc2)c2ccc(OC)cc2)cc1. The Kier molecular flexibility index (Phi) is 7.92. The molecule has 0 heterocycles. The Labute approximate surface area is 223 Å². The molecule has 12 heteroatoms. The zero-order valence-corrected chi connectivity index (χ0v) is 22.3. The van der Waals surface area contributed by atoms with Crippen LogP contribution >= 0.6 is 10.3 Å². The van der Waals surface area contributed by atoms with Crippen LogP contribution in [0, 0.1) is 36.0 Å². The van der Waals surface area contributed by atoms with Gasteiger partial charge in [-0.3, -0.25) is 0 Å². The molecule has 0 radical (unpaired) electrons. The highest BCUT2D eigenvalue weighted by Gasteiger charge is 2.42. The summed E-state index contributed by atoms with van der Waals surface area (Å²) >= 11 is 0. The molecule has 0 aliphatic heterocycles. The first-order valence-corrected chi connectivity index (χ1v) is 14.1. The second-order valence-corrected chi connectivity index (χ2v) is 12.5. The van der Waals surface area contributed by atoms with Gasteiger partial charge in [-0.05, 0) is 77.9 Å². The maximum Gasteiger partial charge on any atom is 0.313 e.